The Kier molecular flexibility index (Phi) is 5.17. The number of ether oxygens (including phenoxy) is 1. The number of nitrogens with zero attached hydrogens (tertiary/aromatic N) is 1. The fourth-order valence-electron chi connectivity index (χ4n) is 1.63. The minimum Gasteiger partial charge on any atom is -0.425 e. The zero-order valence-electron chi connectivity index (χ0n) is 10.8. The normalized spacial score (nSPS) is 9.89. The van der Waals surface area contributed by atoms with Crippen LogP contribution in [0, 0.1) is 0 Å². The van der Waals surface area contributed by atoms with Crippen molar-refractivity contribution in [3.63, 3.8) is 0 Å². The summed E-state index contributed by atoms with van der Waals surface area (Å²) >= 11 is 0. The van der Waals surface area contributed by atoms with Crippen molar-refractivity contribution in [2.75, 3.05) is 6.54 Å². The highest BCUT2D eigenvalue weighted by atomic mass is 16.5. The van der Waals surface area contributed by atoms with Gasteiger partial charge < -0.3 is 16.2 Å². The molecule has 0 bridgehead atoms. The topological polar surface area (TPSA) is 90.7 Å². The van der Waals surface area contributed by atoms with Gasteiger partial charge in [-0.3, -0.25) is 0 Å². The average Bonchev–Trinajstić information content (AvgIpc) is 2.36. The van der Waals surface area contributed by atoms with E-state index < -0.39 is 5.97 Å². The molecule has 0 radical (unpaired) electrons. The number of para-hydroxylation sites is 1. The molecule has 0 saturated carbocycles. The molecule has 1 rings (SSSR count). The molecule has 98 valence electrons. The molecule has 0 fully saturated rings. The zero-order valence-corrected chi connectivity index (χ0v) is 10.8. The molecule has 0 aliphatic rings. The molecule has 0 aromatic heterocycles. The van der Waals surface area contributed by atoms with Crippen LogP contribution in [0.15, 0.2) is 23.2 Å². The van der Waals surface area contributed by atoms with Gasteiger partial charge in [-0.05, 0) is 24.0 Å². The van der Waals surface area contributed by atoms with E-state index in [0.717, 1.165) is 24.0 Å². The maximum atomic E-state index is 11.6. The van der Waals surface area contributed by atoms with E-state index in [2.05, 4.69) is 4.99 Å². The van der Waals surface area contributed by atoms with Gasteiger partial charge in [-0.1, -0.05) is 32.0 Å². The van der Waals surface area contributed by atoms with Crippen LogP contribution in [-0.2, 0) is 17.6 Å². The van der Waals surface area contributed by atoms with Crippen LogP contribution < -0.4 is 16.2 Å². The van der Waals surface area contributed by atoms with E-state index in [0.29, 0.717) is 5.75 Å². The van der Waals surface area contributed by atoms with Gasteiger partial charge in [0.1, 0.15) is 12.3 Å². The van der Waals surface area contributed by atoms with Crippen molar-refractivity contribution in [3.05, 3.63) is 29.3 Å². The Bertz CT molecular complexity index is 429. The quantitative estimate of drug-likeness (QED) is 0.352. The fraction of sp³-hybridized carbons (Fsp3) is 0.385. The van der Waals surface area contributed by atoms with Crippen LogP contribution >= 0.6 is 0 Å². The third kappa shape index (κ3) is 3.76. The number of benzene rings is 1. The predicted molar refractivity (Wildman–Crippen MR) is 71.5 cm³/mol. The number of rotatable bonds is 5. The molecule has 0 heterocycles. The van der Waals surface area contributed by atoms with Gasteiger partial charge in [-0.25, -0.2) is 9.79 Å². The maximum Gasteiger partial charge on any atom is 0.333 e. The third-order valence-electron chi connectivity index (χ3n) is 2.55. The highest BCUT2D eigenvalue weighted by molar-refractivity contribution is 5.81. The number of nitrogens with two attached hydrogens (primary N) is 2. The highest BCUT2D eigenvalue weighted by Crippen LogP contribution is 2.25. The van der Waals surface area contributed by atoms with Crippen molar-refractivity contribution in [3.8, 4) is 5.75 Å². The second-order valence-electron chi connectivity index (χ2n) is 3.83. The minimum absolute atomic E-state index is 0.119. The summed E-state index contributed by atoms with van der Waals surface area (Å²) in [6, 6.07) is 5.86. The van der Waals surface area contributed by atoms with E-state index in [-0.39, 0.29) is 12.5 Å². The van der Waals surface area contributed by atoms with Crippen molar-refractivity contribution in [1.82, 2.24) is 0 Å². The molecule has 1 aromatic rings. The van der Waals surface area contributed by atoms with Crippen LogP contribution in [-0.4, -0.2) is 18.5 Å². The third-order valence-corrected chi connectivity index (χ3v) is 2.55. The van der Waals surface area contributed by atoms with Gasteiger partial charge in [0.2, 0.25) is 0 Å². The summed E-state index contributed by atoms with van der Waals surface area (Å²) < 4.78 is 5.35. The van der Waals surface area contributed by atoms with Crippen LogP contribution in [0.3, 0.4) is 0 Å². The molecule has 0 saturated heterocycles. The number of aryl methyl sites for hydroxylation is 2. The molecule has 5 heteroatoms. The van der Waals surface area contributed by atoms with Gasteiger partial charge in [0.05, 0.1) is 0 Å². The summed E-state index contributed by atoms with van der Waals surface area (Å²) in [5.41, 5.74) is 12.3. The Hall–Kier alpha value is -2.04. The maximum absolute atomic E-state index is 11.6. The molecule has 0 spiro atoms. The number of hydrogen-bond donors (Lipinski definition) is 2. The Balaban J connectivity index is 2.88. The number of esters is 1. The molecule has 0 amide bonds. The summed E-state index contributed by atoms with van der Waals surface area (Å²) in [5.74, 6) is 0.0590. The first-order valence-electron chi connectivity index (χ1n) is 5.95. The van der Waals surface area contributed by atoms with E-state index >= 15 is 0 Å². The van der Waals surface area contributed by atoms with E-state index in [1.807, 2.05) is 32.0 Å². The Morgan fingerprint density at radius 3 is 2.22 bits per heavy atom. The first kappa shape index (κ1) is 14.0. The number of carbonyl (C=O) groups is 1. The van der Waals surface area contributed by atoms with E-state index in [1.165, 1.54) is 0 Å². The molecular formula is C13H19N3O2. The molecule has 0 aliphatic heterocycles. The second-order valence-corrected chi connectivity index (χ2v) is 3.83. The van der Waals surface area contributed by atoms with Gasteiger partial charge in [-0.2, -0.15) is 0 Å². The van der Waals surface area contributed by atoms with Crippen LogP contribution in [0.4, 0.5) is 0 Å². The SMILES string of the molecule is CCc1cccc(CC)c1OC(=O)CN=C(N)N. The molecule has 0 aliphatic carbocycles. The number of carbonyl (C=O) groups excluding carboxylic acids is 1. The summed E-state index contributed by atoms with van der Waals surface area (Å²) in [4.78, 5) is 15.2. The highest BCUT2D eigenvalue weighted by Gasteiger charge is 2.11. The first-order chi connectivity index (χ1) is 8.58. The lowest BCUT2D eigenvalue weighted by molar-refractivity contribution is -0.132. The van der Waals surface area contributed by atoms with Crippen molar-refractivity contribution in [1.29, 1.82) is 0 Å². The van der Waals surface area contributed by atoms with Crippen LogP contribution in [0.1, 0.15) is 25.0 Å². The molecule has 1 aromatic carbocycles. The number of aliphatic imine (C=N–C) groups is 1. The second kappa shape index (κ2) is 6.64. The summed E-state index contributed by atoms with van der Waals surface area (Å²) in [5, 5.41) is 0. The van der Waals surface area contributed by atoms with Gasteiger partial charge in [0, 0.05) is 0 Å². The monoisotopic (exact) mass is 249 g/mol. The Morgan fingerprint density at radius 2 is 1.78 bits per heavy atom. The Labute approximate surface area is 107 Å². The molecular weight excluding hydrogens is 230 g/mol. The van der Waals surface area contributed by atoms with E-state index in [1.54, 1.807) is 0 Å². The largest absolute Gasteiger partial charge is 0.425 e. The van der Waals surface area contributed by atoms with Crippen molar-refractivity contribution in [2.24, 2.45) is 16.5 Å². The van der Waals surface area contributed by atoms with Crippen molar-refractivity contribution >= 4 is 11.9 Å². The van der Waals surface area contributed by atoms with Crippen LogP contribution in [0.25, 0.3) is 0 Å². The van der Waals surface area contributed by atoms with Gasteiger partial charge in [0.15, 0.2) is 5.96 Å². The molecule has 4 N–H and O–H groups in total. The molecule has 5 nitrogen and oxygen atoms in total. The lowest BCUT2D eigenvalue weighted by Gasteiger charge is -2.12. The molecule has 0 unspecified atom stereocenters. The fourth-order valence-corrected chi connectivity index (χ4v) is 1.63. The lowest BCUT2D eigenvalue weighted by atomic mass is 10.1. The number of guanidine groups is 1. The smallest absolute Gasteiger partial charge is 0.333 e. The zero-order chi connectivity index (χ0) is 13.5. The minimum atomic E-state index is -0.459. The van der Waals surface area contributed by atoms with Crippen LogP contribution in [0.5, 0.6) is 5.75 Å². The van der Waals surface area contributed by atoms with Gasteiger partial charge in [0.25, 0.3) is 0 Å². The summed E-state index contributed by atoms with van der Waals surface area (Å²) in [7, 11) is 0. The van der Waals surface area contributed by atoms with Crippen molar-refractivity contribution < 1.29 is 9.53 Å². The van der Waals surface area contributed by atoms with Crippen molar-refractivity contribution in [2.45, 2.75) is 26.7 Å². The van der Waals surface area contributed by atoms with Gasteiger partial charge in [-0.15, -0.1) is 0 Å². The number of hydrogen-bond acceptors (Lipinski definition) is 3. The van der Waals surface area contributed by atoms with Gasteiger partial charge >= 0.3 is 5.97 Å². The molecule has 18 heavy (non-hydrogen) atoms. The average molecular weight is 249 g/mol. The first-order valence-corrected chi connectivity index (χ1v) is 5.95. The predicted octanol–water partition coefficient (Wildman–Crippen LogP) is 0.990. The van der Waals surface area contributed by atoms with Crippen LogP contribution in [0.2, 0.25) is 0 Å². The lowest BCUT2D eigenvalue weighted by Crippen LogP contribution is -2.25. The summed E-state index contributed by atoms with van der Waals surface area (Å²) in [6.07, 6.45) is 1.61. The Morgan fingerprint density at radius 1 is 1.22 bits per heavy atom. The molecule has 0 atom stereocenters. The summed E-state index contributed by atoms with van der Waals surface area (Å²) in [6.45, 7) is 3.87. The standard InChI is InChI=1S/C13H19N3O2/c1-3-9-6-5-7-10(4-2)12(9)18-11(17)8-16-13(14)15/h5-7H,3-4,8H2,1-2H3,(H4,14,15,16). The van der Waals surface area contributed by atoms with E-state index in [4.69, 9.17) is 16.2 Å². The van der Waals surface area contributed by atoms with E-state index in [9.17, 15) is 4.79 Å².